The van der Waals surface area contributed by atoms with Crippen molar-refractivity contribution >= 4 is 27.3 Å². The lowest BCUT2D eigenvalue weighted by Crippen LogP contribution is -2.36. The molecule has 1 atom stereocenters. The first-order valence-corrected chi connectivity index (χ1v) is 9.33. The highest BCUT2D eigenvalue weighted by Crippen LogP contribution is 2.21. The quantitative estimate of drug-likeness (QED) is 0.677. The molecule has 21 heavy (non-hydrogen) atoms. The first-order chi connectivity index (χ1) is 9.97. The molecule has 1 amide bonds. The molecule has 3 N–H and O–H groups in total. The van der Waals surface area contributed by atoms with Gasteiger partial charge in [-0.15, -0.1) is 11.3 Å². The number of hydrogen-bond donors (Lipinski definition) is 3. The fraction of sp³-hybridized carbons (Fsp3) is 0.615. The summed E-state index contributed by atoms with van der Waals surface area (Å²) in [7, 11) is -3.43. The number of rotatable bonds is 7. The van der Waals surface area contributed by atoms with Gasteiger partial charge in [0.1, 0.15) is 4.21 Å². The minimum Gasteiger partial charge on any atom is -0.356 e. The van der Waals surface area contributed by atoms with Gasteiger partial charge in [-0.05, 0) is 37.9 Å². The lowest BCUT2D eigenvalue weighted by atomic mass is 10.2. The Morgan fingerprint density at radius 3 is 2.95 bits per heavy atom. The van der Waals surface area contributed by atoms with Crippen molar-refractivity contribution in [1.29, 1.82) is 0 Å². The molecule has 1 aliphatic heterocycles. The van der Waals surface area contributed by atoms with E-state index in [2.05, 4.69) is 15.4 Å². The predicted molar refractivity (Wildman–Crippen MR) is 82.9 cm³/mol. The summed E-state index contributed by atoms with van der Waals surface area (Å²) >= 11 is 1.25. The molecule has 1 aromatic heterocycles. The van der Waals surface area contributed by atoms with Gasteiger partial charge in [-0.25, -0.2) is 13.1 Å². The Bertz CT molecular complexity index is 577. The van der Waals surface area contributed by atoms with Crippen LogP contribution in [-0.4, -0.2) is 40.0 Å². The van der Waals surface area contributed by atoms with Gasteiger partial charge in [0.05, 0.1) is 0 Å². The monoisotopic (exact) mass is 331 g/mol. The summed E-state index contributed by atoms with van der Waals surface area (Å²) in [6.07, 6.45) is 2.75. The van der Waals surface area contributed by atoms with Gasteiger partial charge in [-0.2, -0.15) is 0 Å². The number of hydrogen-bond acceptors (Lipinski definition) is 5. The largest absolute Gasteiger partial charge is 0.356 e. The van der Waals surface area contributed by atoms with Crippen LogP contribution in [0.3, 0.4) is 0 Å². The Morgan fingerprint density at radius 1 is 1.48 bits per heavy atom. The van der Waals surface area contributed by atoms with Crippen LogP contribution in [0.15, 0.2) is 16.3 Å². The smallest absolute Gasteiger partial charge is 0.250 e. The Hall–Kier alpha value is -0.960. The molecule has 0 bridgehead atoms. The molecule has 0 spiro atoms. The van der Waals surface area contributed by atoms with Gasteiger partial charge in [0.25, 0.3) is 0 Å². The third-order valence-electron chi connectivity index (χ3n) is 3.33. The first kappa shape index (κ1) is 16.4. The zero-order chi connectivity index (χ0) is 15.3. The highest BCUT2D eigenvalue weighted by atomic mass is 32.2. The van der Waals surface area contributed by atoms with Crippen LogP contribution in [0.4, 0.5) is 0 Å². The average Bonchev–Trinajstić information content (AvgIpc) is 3.07. The zero-order valence-electron chi connectivity index (χ0n) is 12.0. The van der Waals surface area contributed by atoms with Crippen molar-refractivity contribution < 1.29 is 13.2 Å². The van der Waals surface area contributed by atoms with E-state index in [1.165, 1.54) is 18.3 Å². The van der Waals surface area contributed by atoms with Gasteiger partial charge >= 0.3 is 0 Å². The molecule has 0 aromatic carbocycles. The molecule has 1 fully saturated rings. The summed E-state index contributed by atoms with van der Waals surface area (Å²) in [5, 5.41) is 5.96. The van der Waals surface area contributed by atoms with Gasteiger partial charge in [-0.3, -0.25) is 4.79 Å². The lowest BCUT2D eigenvalue weighted by molar-refractivity contribution is -0.118. The van der Waals surface area contributed by atoms with Crippen LogP contribution in [0.5, 0.6) is 0 Å². The average molecular weight is 331 g/mol. The molecule has 1 aliphatic rings. The fourth-order valence-corrected chi connectivity index (χ4v) is 4.69. The van der Waals surface area contributed by atoms with Crippen LogP contribution in [0, 0.1) is 0 Å². The summed E-state index contributed by atoms with van der Waals surface area (Å²) in [5.74, 6) is -0.0786. The van der Waals surface area contributed by atoms with E-state index < -0.39 is 10.0 Å². The van der Waals surface area contributed by atoms with E-state index in [9.17, 15) is 13.2 Å². The van der Waals surface area contributed by atoms with E-state index in [1.54, 1.807) is 12.1 Å². The molecule has 6 nitrogen and oxygen atoms in total. The number of amides is 1. The van der Waals surface area contributed by atoms with E-state index in [-0.39, 0.29) is 11.9 Å². The van der Waals surface area contributed by atoms with E-state index in [0.29, 0.717) is 23.7 Å². The Labute approximate surface area is 129 Å². The minimum atomic E-state index is -3.43. The second-order valence-electron chi connectivity index (χ2n) is 5.10. The third-order valence-corrected chi connectivity index (χ3v) is 6.39. The number of carbonyl (C=O) groups excluding carboxylic acids is 1. The molecular weight excluding hydrogens is 310 g/mol. The molecule has 0 radical (unpaired) electrons. The fourth-order valence-electron chi connectivity index (χ4n) is 2.21. The van der Waals surface area contributed by atoms with Gasteiger partial charge in [0, 0.05) is 30.9 Å². The highest BCUT2D eigenvalue weighted by molar-refractivity contribution is 7.91. The van der Waals surface area contributed by atoms with Crippen LogP contribution >= 0.6 is 11.3 Å². The van der Waals surface area contributed by atoms with Crippen molar-refractivity contribution in [3.05, 3.63) is 17.0 Å². The lowest BCUT2D eigenvalue weighted by Gasteiger charge is -2.10. The zero-order valence-corrected chi connectivity index (χ0v) is 13.6. The van der Waals surface area contributed by atoms with Crippen molar-refractivity contribution in [3.63, 3.8) is 0 Å². The molecule has 2 heterocycles. The summed E-state index contributed by atoms with van der Waals surface area (Å²) < 4.78 is 27.4. The summed E-state index contributed by atoms with van der Waals surface area (Å²) in [5.41, 5.74) is 0. The van der Waals surface area contributed by atoms with Crippen molar-refractivity contribution in [2.24, 2.45) is 0 Å². The third kappa shape index (κ3) is 5.06. The standard InChI is InChI=1S/C13H21N3O3S2/c1-10(17)14-8-6-12-4-5-13(20-12)21(18,19)16-9-11-3-2-7-15-11/h4-5,11,15-16H,2-3,6-9H2,1H3,(H,14,17). The van der Waals surface area contributed by atoms with Crippen LogP contribution in [0.25, 0.3) is 0 Å². The van der Waals surface area contributed by atoms with E-state index in [4.69, 9.17) is 0 Å². The molecule has 2 rings (SSSR count). The SMILES string of the molecule is CC(=O)NCCc1ccc(S(=O)(=O)NCC2CCCN2)s1. The maximum atomic E-state index is 12.2. The number of thiophene rings is 1. The van der Waals surface area contributed by atoms with E-state index in [1.807, 2.05) is 0 Å². The normalized spacial score (nSPS) is 18.8. The summed E-state index contributed by atoms with van der Waals surface area (Å²) in [4.78, 5) is 11.7. The Balaban J connectivity index is 1.87. The molecule has 1 unspecified atom stereocenters. The predicted octanol–water partition coefficient (Wildman–Crippen LogP) is 0.457. The van der Waals surface area contributed by atoms with Crippen LogP contribution < -0.4 is 15.4 Å². The van der Waals surface area contributed by atoms with Crippen LogP contribution in [0.2, 0.25) is 0 Å². The molecule has 1 saturated heterocycles. The number of sulfonamides is 1. The van der Waals surface area contributed by atoms with E-state index in [0.717, 1.165) is 24.3 Å². The maximum Gasteiger partial charge on any atom is 0.250 e. The highest BCUT2D eigenvalue weighted by Gasteiger charge is 2.20. The van der Waals surface area contributed by atoms with Gasteiger partial charge in [0.15, 0.2) is 0 Å². The van der Waals surface area contributed by atoms with E-state index >= 15 is 0 Å². The van der Waals surface area contributed by atoms with Crippen molar-refractivity contribution in [3.8, 4) is 0 Å². The molecule has 8 heteroatoms. The summed E-state index contributed by atoms with van der Waals surface area (Å²) in [6.45, 7) is 3.38. The Morgan fingerprint density at radius 2 is 2.29 bits per heavy atom. The minimum absolute atomic E-state index is 0.0786. The maximum absolute atomic E-state index is 12.2. The second kappa shape index (κ2) is 7.35. The molecule has 0 saturated carbocycles. The van der Waals surface area contributed by atoms with Crippen molar-refractivity contribution in [2.45, 2.75) is 36.4 Å². The molecule has 0 aliphatic carbocycles. The van der Waals surface area contributed by atoms with Crippen molar-refractivity contribution in [2.75, 3.05) is 19.6 Å². The molecule has 1 aromatic rings. The van der Waals surface area contributed by atoms with Crippen LogP contribution in [0.1, 0.15) is 24.6 Å². The topological polar surface area (TPSA) is 87.3 Å². The summed E-state index contributed by atoms with van der Waals surface area (Å²) in [6, 6.07) is 3.66. The van der Waals surface area contributed by atoms with Crippen molar-refractivity contribution in [1.82, 2.24) is 15.4 Å². The molecule has 118 valence electrons. The second-order valence-corrected chi connectivity index (χ2v) is 8.26. The van der Waals surface area contributed by atoms with Gasteiger partial charge in [0.2, 0.25) is 15.9 Å². The Kier molecular flexibility index (Phi) is 5.74. The van der Waals surface area contributed by atoms with Crippen LogP contribution in [-0.2, 0) is 21.2 Å². The van der Waals surface area contributed by atoms with Gasteiger partial charge < -0.3 is 10.6 Å². The number of nitrogens with one attached hydrogen (secondary N) is 3. The number of carbonyl (C=O) groups is 1. The van der Waals surface area contributed by atoms with Gasteiger partial charge in [-0.1, -0.05) is 0 Å². The molecular formula is C13H21N3O3S2. The first-order valence-electron chi connectivity index (χ1n) is 7.03.